The van der Waals surface area contributed by atoms with E-state index in [9.17, 15) is 27.1 Å². The fraction of sp³-hybridized carbons (Fsp3) is 0.355. The summed E-state index contributed by atoms with van der Waals surface area (Å²) in [7, 11) is 0. The third kappa shape index (κ3) is 9.27. The van der Waals surface area contributed by atoms with Gasteiger partial charge >= 0.3 is 12.1 Å². The molecular weight excluding hydrogens is 545 g/mol. The summed E-state index contributed by atoms with van der Waals surface area (Å²) in [5, 5.41) is 13.0. The van der Waals surface area contributed by atoms with Gasteiger partial charge in [-0.15, -0.1) is 0 Å². The van der Waals surface area contributed by atoms with Crippen molar-refractivity contribution in [2.24, 2.45) is 0 Å². The fourth-order valence-corrected chi connectivity index (χ4v) is 5.02. The molecule has 0 unspecified atom stereocenters. The first-order valence-corrected chi connectivity index (χ1v) is 14.3. The van der Waals surface area contributed by atoms with Crippen LogP contribution in [0, 0.1) is 0 Å². The third-order valence-corrected chi connectivity index (χ3v) is 7.31. The van der Waals surface area contributed by atoms with E-state index in [2.05, 4.69) is 24.4 Å². The van der Waals surface area contributed by atoms with Crippen molar-refractivity contribution in [3.05, 3.63) is 95.6 Å². The van der Waals surface area contributed by atoms with E-state index < -0.39 is 18.5 Å². The molecule has 2 N–H and O–H groups in total. The number of aromatic hydroxyl groups is 1. The summed E-state index contributed by atoms with van der Waals surface area (Å²) < 4.78 is 68.1. The Balaban J connectivity index is 1.49. The van der Waals surface area contributed by atoms with Crippen LogP contribution in [0.3, 0.4) is 0 Å². The maximum absolute atomic E-state index is 12.9. The number of ether oxygens (including phenoxy) is 1. The molecule has 0 amide bonds. The molecule has 0 aliphatic rings. The van der Waals surface area contributed by atoms with E-state index in [4.69, 9.17) is 4.74 Å². The molecule has 9 heteroatoms. The SMILES string of the molecule is CC/C(=C(/c1ccc(O)cc1)c1ccc(OCCNCCSCCCC(F)(F)C(F)(F)F)cc1)c1ccccc1. The number of benzene rings is 3. The number of rotatable bonds is 15. The number of thioether (sulfide) groups is 1. The molecule has 0 saturated heterocycles. The zero-order valence-corrected chi connectivity index (χ0v) is 23.1. The summed E-state index contributed by atoms with van der Waals surface area (Å²) in [6.45, 7) is 3.72. The van der Waals surface area contributed by atoms with E-state index in [0.717, 1.165) is 28.7 Å². The van der Waals surface area contributed by atoms with Crippen LogP contribution >= 0.6 is 11.8 Å². The van der Waals surface area contributed by atoms with Crippen LogP contribution in [0.2, 0.25) is 0 Å². The molecule has 3 aromatic carbocycles. The Morgan fingerprint density at radius 2 is 1.43 bits per heavy atom. The van der Waals surface area contributed by atoms with Crippen molar-refractivity contribution < 1.29 is 31.8 Å². The number of alkyl halides is 5. The van der Waals surface area contributed by atoms with Gasteiger partial charge in [0.25, 0.3) is 0 Å². The molecule has 0 bridgehead atoms. The topological polar surface area (TPSA) is 41.5 Å². The van der Waals surface area contributed by atoms with Crippen LogP contribution in [0.15, 0.2) is 78.9 Å². The number of hydrogen-bond acceptors (Lipinski definition) is 4. The first kappa shape index (κ1) is 31.5. The molecule has 0 heterocycles. The average molecular weight is 580 g/mol. The summed E-state index contributed by atoms with van der Waals surface area (Å²) in [6, 6.07) is 25.3. The molecule has 0 fully saturated rings. The predicted octanol–water partition coefficient (Wildman–Crippen LogP) is 8.44. The Morgan fingerprint density at radius 3 is 2.02 bits per heavy atom. The molecule has 0 aromatic heterocycles. The number of phenols is 1. The Hall–Kier alpha value is -3.04. The van der Waals surface area contributed by atoms with Gasteiger partial charge in [0, 0.05) is 25.3 Å². The van der Waals surface area contributed by atoms with Crippen molar-refractivity contribution in [1.29, 1.82) is 0 Å². The van der Waals surface area contributed by atoms with Crippen LogP contribution in [0.25, 0.3) is 11.1 Å². The van der Waals surface area contributed by atoms with Gasteiger partial charge < -0.3 is 15.2 Å². The lowest BCUT2D eigenvalue weighted by Gasteiger charge is -2.19. The number of phenolic OH excluding ortho intramolecular Hbond substituents is 1. The highest BCUT2D eigenvalue weighted by atomic mass is 32.2. The second-order valence-electron chi connectivity index (χ2n) is 9.16. The minimum absolute atomic E-state index is 0.189. The largest absolute Gasteiger partial charge is 0.508 e. The smallest absolute Gasteiger partial charge is 0.453 e. The minimum Gasteiger partial charge on any atom is -0.508 e. The van der Waals surface area contributed by atoms with Gasteiger partial charge in [0.05, 0.1) is 0 Å². The maximum Gasteiger partial charge on any atom is 0.453 e. The standard InChI is InChI=1S/C31H34F5NO2S/c1-2-28(23-7-4-3-5-8-23)29(24-9-13-26(38)14-10-24)25-11-15-27(16-12-25)39-20-18-37-19-22-40-21-6-17-30(32,33)31(34,35)36/h3-5,7-16,37-38H,2,6,17-22H2,1H3/b29-28+. The second-order valence-corrected chi connectivity index (χ2v) is 10.4. The van der Waals surface area contributed by atoms with Crippen molar-refractivity contribution in [2.75, 3.05) is 31.2 Å². The number of hydrogen-bond donors (Lipinski definition) is 2. The Labute approximate surface area is 236 Å². The lowest BCUT2D eigenvalue weighted by atomic mass is 9.88. The van der Waals surface area contributed by atoms with Gasteiger partial charge in [-0.25, -0.2) is 0 Å². The first-order chi connectivity index (χ1) is 19.1. The van der Waals surface area contributed by atoms with Crippen LogP contribution in [0.5, 0.6) is 11.5 Å². The van der Waals surface area contributed by atoms with Gasteiger partial charge in [0.2, 0.25) is 0 Å². The molecule has 0 saturated carbocycles. The van der Waals surface area contributed by atoms with Gasteiger partial charge in [0.1, 0.15) is 18.1 Å². The first-order valence-electron chi connectivity index (χ1n) is 13.2. The fourth-order valence-electron chi connectivity index (χ4n) is 4.18. The zero-order valence-electron chi connectivity index (χ0n) is 22.3. The molecule has 0 aliphatic carbocycles. The minimum atomic E-state index is -5.48. The van der Waals surface area contributed by atoms with Gasteiger partial charge in [-0.05, 0) is 70.7 Å². The normalized spacial score (nSPS) is 12.8. The van der Waals surface area contributed by atoms with Crippen LogP contribution in [0.1, 0.15) is 42.9 Å². The molecule has 0 atom stereocenters. The highest BCUT2D eigenvalue weighted by Crippen LogP contribution is 2.39. The van der Waals surface area contributed by atoms with Gasteiger partial charge in [0.15, 0.2) is 0 Å². The Kier molecular flexibility index (Phi) is 11.9. The molecule has 3 aromatic rings. The van der Waals surface area contributed by atoms with E-state index in [0.29, 0.717) is 31.2 Å². The quantitative estimate of drug-likeness (QED) is 0.108. The van der Waals surface area contributed by atoms with E-state index in [1.807, 2.05) is 54.6 Å². The van der Waals surface area contributed by atoms with E-state index in [-0.39, 0.29) is 17.9 Å². The van der Waals surface area contributed by atoms with Crippen LogP contribution in [-0.2, 0) is 0 Å². The Morgan fingerprint density at radius 1 is 0.800 bits per heavy atom. The molecule has 0 radical (unpaired) electrons. The summed E-state index contributed by atoms with van der Waals surface area (Å²) >= 11 is 1.34. The lowest BCUT2D eigenvalue weighted by molar-refractivity contribution is -0.284. The molecule has 216 valence electrons. The molecule has 3 rings (SSSR count). The molecule has 3 nitrogen and oxygen atoms in total. The summed E-state index contributed by atoms with van der Waals surface area (Å²) in [4.78, 5) is 0. The van der Waals surface area contributed by atoms with E-state index >= 15 is 0 Å². The van der Waals surface area contributed by atoms with E-state index in [1.54, 1.807) is 12.1 Å². The molecule has 40 heavy (non-hydrogen) atoms. The highest BCUT2D eigenvalue weighted by molar-refractivity contribution is 7.99. The predicted molar refractivity (Wildman–Crippen MR) is 153 cm³/mol. The molecule has 0 spiro atoms. The lowest BCUT2D eigenvalue weighted by Crippen LogP contribution is -2.36. The third-order valence-electron chi connectivity index (χ3n) is 6.24. The monoisotopic (exact) mass is 579 g/mol. The summed E-state index contributed by atoms with van der Waals surface area (Å²) in [5.74, 6) is -2.83. The van der Waals surface area contributed by atoms with Crippen LogP contribution in [-0.4, -0.2) is 48.4 Å². The Bertz CT molecular complexity index is 1200. The summed E-state index contributed by atoms with van der Waals surface area (Å²) in [6.07, 6.45) is -6.03. The summed E-state index contributed by atoms with van der Waals surface area (Å²) in [5.41, 5.74) is 5.44. The number of halogens is 5. The van der Waals surface area contributed by atoms with Crippen molar-refractivity contribution in [1.82, 2.24) is 5.32 Å². The van der Waals surface area contributed by atoms with Crippen molar-refractivity contribution >= 4 is 22.9 Å². The molecular formula is C31H34F5NO2S. The highest BCUT2D eigenvalue weighted by Gasteiger charge is 2.56. The van der Waals surface area contributed by atoms with Gasteiger partial charge in [-0.1, -0.05) is 61.5 Å². The van der Waals surface area contributed by atoms with Crippen molar-refractivity contribution in [3.8, 4) is 11.5 Å². The molecule has 0 aliphatic heterocycles. The maximum atomic E-state index is 12.9. The van der Waals surface area contributed by atoms with Gasteiger partial charge in [-0.2, -0.15) is 33.7 Å². The van der Waals surface area contributed by atoms with Crippen molar-refractivity contribution in [3.63, 3.8) is 0 Å². The number of nitrogens with one attached hydrogen (secondary N) is 1. The number of allylic oxidation sites excluding steroid dienone is 1. The van der Waals surface area contributed by atoms with Crippen LogP contribution < -0.4 is 10.1 Å². The van der Waals surface area contributed by atoms with Crippen molar-refractivity contribution in [2.45, 2.75) is 38.3 Å². The van der Waals surface area contributed by atoms with E-state index in [1.165, 1.54) is 17.3 Å². The second kappa shape index (κ2) is 15.1. The zero-order chi connectivity index (χ0) is 29.0. The van der Waals surface area contributed by atoms with Crippen LogP contribution in [0.4, 0.5) is 22.0 Å². The average Bonchev–Trinajstić information content (AvgIpc) is 2.93. The van der Waals surface area contributed by atoms with Gasteiger partial charge in [-0.3, -0.25) is 0 Å².